The minimum Gasteiger partial charge on any atom is -0.465 e. The Kier molecular flexibility index (Phi) is 4.00. The van der Waals surface area contributed by atoms with Crippen LogP contribution in [0.2, 0.25) is 0 Å². The summed E-state index contributed by atoms with van der Waals surface area (Å²) in [6, 6.07) is 4.91. The molecule has 2 aromatic rings. The molecule has 9 nitrogen and oxygen atoms in total. The largest absolute Gasteiger partial charge is 0.465 e. The van der Waals surface area contributed by atoms with Crippen LogP contribution in [0.1, 0.15) is 30.9 Å². The van der Waals surface area contributed by atoms with Crippen LogP contribution in [0, 0.1) is 0 Å². The lowest BCUT2D eigenvalue weighted by Gasteiger charge is -2.09. The second-order valence-electron chi connectivity index (χ2n) is 5.67. The van der Waals surface area contributed by atoms with Gasteiger partial charge < -0.3 is 15.7 Å². The van der Waals surface area contributed by atoms with Crippen molar-refractivity contribution >= 4 is 17.7 Å². The van der Waals surface area contributed by atoms with Crippen molar-refractivity contribution in [2.75, 3.05) is 5.32 Å². The highest BCUT2D eigenvalue weighted by Gasteiger charge is 2.28. The normalized spacial score (nSPS) is 20.4. The molecular formula is C14H18N6O3. The number of aromatic nitrogens is 4. The van der Waals surface area contributed by atoms with Crippen LogP contribution in [0.3, 0.4) is 0 Å². The molecule has 2 atom stereocenters. The molecular weight excluding hydrogens is 300 g/mol. The molecule has 1 aliphatic rings. The number of carbonyl (C=O) groups is 1. The summed E-state index contributed by atoms with van der Waals surface area (Å²) in [6.45, 7) is 0. The summed E-state index contributed by atoms with van der Waals surface area (Å²) in [5.41, 5.74) is 0.785. The summed E-state index contributed by atoms with van der Waals surface area (Å²) >= 11 is 0. The highest BCUT2D eigenvalue weighted by atomic mass is 16.4. The number of amides is 1. The number of anilines is 2. The molecule has 4 N–H and O–H groups in total. The van der Waals surface area contributed by atoms with Gasteiger partial charge in [0, 0.05) is 36.8 Å². The smallest absolute Gasteiger partial charge is 0.404 e. The first-order valence-corrected chi connectivity index (χ1v) is 7.37. The standard InChI is InChI=1S/C14H18N6O3/c1-20-13(21)5-4-11(19-20)16-12-7-10(17-18-12)8-2-3-9(6-8)15-14(22)23/h4-5,7-9,15H,2-3,6H2,1H3,(H,22,23)(H2,16,17,18,19)/t8-,9?/m0/s1. The van der Waals surface area contributed by atoms with Crippen LogP contribution in [-0.4, -0.2) is 37.2 Å². The molecule has 1 aliphatic carbocycles. The molecule has 1 fully saturated rings. The molecule has 0 spiro atoms. The number of rotatable bonds is 4. The van der Waals surface area contributed by atoms with E-state index >= 15 is 0 Å². The SMILES string of the molecule is Cn1nc(Nc2cc([C@H]3CCC(NC(=O)O)C3)[nH]n2)ccc1=O. The molecule has 1 unspecified atom stereocenters. The van der Waals surface area contributed by atoms with Gasteiger partial charge in [-0.2, -0.15) is 10.2 Å². The van der Waals surface area contributed by atoms with Crippen LogP contribution in [0.15, 0.2) is 23.0 Å². The first kappa shape index (κ1) is 15.1. The summed E-state index contributed by atoms with van der Waals surface area (Å²) in [6.07, 6.45) is 1.50. The average molecular weight is 318 g/mol. The zero-order valence-electron chi connectivity index (χ0n) is 12.6. The summed E-state index contributed by atoms with van der Waals surface area (Å²) in [4.78, 5) is 22.0. The fourth-order valence-corrected chi connectivity index (χ4v) is 2.88. The van der Waals surface area contributed by atoms with E-state index in [2.05, 4.69) is 25.9 Å². The van der Waals surface area contributed by atoms with Crippen LogP contribution in [-0.2, 0) is 7.05 Å². The molecule has 0 aromatic carbocycles. The van der Waals surface area contributed by atoms with E-state index in [1.165, 1.54) is 10.7 Å². The lowest BCUT2D eigenvalue weighted by atomic mass is 10.0. The average Bonchev–Trinajstić information content (AvgIpc) is 3.11. The molecule has 122 valence electrons. The van der Waals surface area contributed by atoms with Crippen LogP contribution < -0.4 is 16.2 Å². The van der Waals surface area contributed by atoms with E-state index in [1.807, 2.05) is 6.07 Å². The van der Waals surface area contributed by atoms with Gasteiger partial charge in [0.05, 0.1) is 0 Å². The van der Waals surface area contributed by atoms with Gasteiger partial charge >= 0.3 is 6.09 Å². The monoisotopic (exact) mass is 318 g/mol. The maximum absolute atomic E-state index is 11.3. The van der Waals surface area contributed by atoms with Crippen molar-refractivity contribution in [3.8, 4) is 0 Å². The summed E-state index contributed by atoms with van der Waals surface area (Å²) < 4.78 is 1.25. The number of aromatic amines is 1. The number of hydrogen-bond donors (Lipinski definition) is 4. The zero-order chi connectivity index (χ0) is 16.4. The van der Waals surface area contributed by atoms with E-state index < -0.39 is 6.09 Å². The second-order valence-corrected chi connectivity index (χ2v) is 5.67. The van der Waals surface area contributed by atoms with Crippen molar-refractivity contribution in [1.29, 1.82) is 0 Å². The molecule has 0 radical (unpaired) electrons. The summed E-state index contributed by atoms with van der Waals surface area (Å²) in [5, 5.41) is 25.6. The minimum atomic E-state index is -0.983. The van der Waals surface area contributed by atoms with Crippen LogP contribution in [0.25, 0.3) is 0 Å². The number of H-pyrrole nitrogens is 1. The Morgan fingerprint density at radius 1 is 1.39 bits per heavy atom. The third-order valence-corrected chi connectivity index (χ3v) is 4.01. The van der Waals surface area contributed by atoms with Gasteiger partial charge in [-0.05, 0) is 25.3 Å². The molecule has 1 saturated carbocycles. The predicted octanol–water partition coefficient (Wildman–Crippen LogP) is 1.15. The van der Waals surface area contributed by atoms with Crippen molar-refractivity contribution in [1.82, 2.24) is 25.3 Å². The predicted molar refractivity (Wildman–Crippen MR) is 82.9 cm³/mol. The Morgan fingerprint density at radius 3 is 2.96 bits per heavy atom. The van der Waals surface area contributed by atoms with Gasteiger partial charge in [0.1, 0.15) is 0 Å². The second kappa shape index (κ2) is 6.11. The first-order chi connectivity index (χ1) is 11.0. The van der Waals surface area contributed by atoms with Gasteiger partial charge in [-0.1, -0.05) is 0 Å². The number of nitrogens with one attached hydrogen (secondary N) is 3. The van der Waals surface area contributed by atoms with E-state index in [1.54, 1.807) is 13.1 Å². The third kappa shape index (κ3) is 3.50. The topological polar surface area (TPSA) is 125 Å². The Hall–Kier alpha value is -2.84. The van der Waals surface area contributed by atoms with E-state index in [4.69, 9.17) is 5.11 Å². The molecule has 2 aromatic heterocycles. The van der Waals surface area contributed by atoms with Gasteiger partial charge in [0.2, 0.25) is 0 Å². The highest BCUT2D eigenvalue weighted by Crippen LogP contribution is 2.34. The van der Waals surface area contributed by atoms with Gasteiger partial charge in [-0.3, -0.25) is 9.89 Å². The molecule has 2 heterocycles. The van der Waals surface area contributed by atoms with Gasteiger partial charge in [0.15, 0.2) is 11.6 Å². The van der Waals surface area contributed by atoms with E-state index in [-0.39, 0.29) is 17.5 Å². The third-order valence-electron chi connectivity index (χ3n) is 4.01. The molecule has 3 rings (SSSR count). The summed E-state index contributed by atoms with van der Waals surface area (Å²) in [7, 11) is 1.58. The molecule has 0 saturated heterocycles. The van der Waals surface area contributed by atoms with Crippen LogP contribution in [0.5, 0.6) is 0 Å². The van der Waals surface area contributed by atoms with Crippen molar-refractivity contribution in [3.63, 3.8) is 0 Å². The number of nitrogens with zero attached hydrogens (tertiary/aromatic N) is 3. The maximum Gasteiger partial charge on any atom is 0.404 e. The maximum atomic E-state index is 11.3. The lowest BCUT2D eigenvalue weighted by molar-refractivity contribution is 0.190. The molecule has 0 aliphatic heterocycles. The number of hydrogen-bond acceptors (Lipinski definition) is 5. The Bertz CT molecular complexity index is 768. The molecule has 9 heteroatoms. The fourth-order valence-electron chi connectivity index (χ4n) is 2.88. The number of carboxylic acid groups (broad SMARTS) is 1. The van der Waals surface area contributed by atoms with E-state index in [0.717, 1.165) is 25.0 Å². The number of aryl methyl sites for hydroxylation is 1. The summed E-state index contributed by atoms with van der Waals surface area (Å²) in [5.74, 6) is 1.39. The Balaban J connectivity index is 1.65. The van der Waals surface area contributed by atoms with Crippen molar-refractivity contribution in [2.24, 2.45) is 7.05 Å². The van der Waals surface area contributed by atoms with Gasteiger partial charge in [-0.25, -0.2) is 9.48 Å². The van der Waals surface area contributed by atoms with Gasteiger partial charge in [-0.15, -0.1) is 0 Å². The van der Waals surface area contributed by atoms with E-state index in [0.29, 0.717) is 11.6 Å². The van der Waals surface area contributed by atoms with Crippen LogP contribution in [0.4, 0.5) is 16.4 Å². The highest BCUT2D eigenvalue weighted by molar-refractivity contribution is 5.64. The Morgan fingerprint density at radius 2 is 2.22 bits per heavy atom. The molecule has 1 amide bonds. The fraction of sp³-hybridized carbons (Fsp3) is 0.429. The van der Waals surface area contributed by atoms with Crippen molar-refractivity contribution in [2.45, 2.75) is 31.2 Å². The van der Waals surface area contributed by atoms with Crippen molar-refractivity contribution in [3.05, 3.63) is 34.2 Å². The van der Waals surface area contributed by atoms with Gasteiger partial charge in [0.25, 0.3) is 5.56 Å². The lowest BCUT2D eigenvalue weighted by Crippen LogP contribution is -2.31. The quantitative estimate of drug-likeness (QED) is 0.670. The van der Waals surface area contributed by atoms with Crippen molar-refractivity contribution < 1.29 is 9.90 Å². The zero-order valence-corrected chi connectivity index (χ0v) is 12.6. The molecule has 23 heavy (non-hydrogen) atoms. The Labute approximate surface area is 131 Å². The minimum absolute atomic E-state index is 0.0116. The molecule has 0 bridgehead atoms. The first-order valence-electron chi connectivity index (χ1n) is 7.37. The van der Waals surface area contributed by atoms with Crippen LogP contribution >= 0.6 is 0 Å². The van der Waals surface area contributed by atoms with E-state index in [9.17, 15) is 9.59 Å².